The molecule has 5 heterocycles. The number of hydrogen-bond donors (Lipinski definition) is 4. The van der Waals surface area contributed by atoms with Gasteiger partial charge >= 0.3 is 0 Å². The number of anilines is 3. The second kappa shape index (κ2) is 15.4. The zero-order valence-electron chi connectivity index (χ0n) is 31.8. The summed E-state index contributed by atoms with van der Waals surface area (Å²) < 4.78 is 13.2. The third-order valence-electron chi connectivity index (χ3n) is 11.4. The van der Waals surface area contributed by atoms with Crippen molar-refractivity contribution in [1.29, 1.82) is 0 Å². The molecule has 2 fully saturated rings. The smallest absolute Gasteiger partial charge is 0.276 e. The second-order valence-corrected chi connectivity index (χ2v) is 14.8. The van der Waals surface area contributed by atoms with Gasteiger partial charge < -0.3 is 34.5 Å². The molecule has 1 atom stereocenters. The van der Waals surface area contributed by atoms with Gasteiger partial charge in [0.05, 0.1) is 26.0 Å². The number of imide groups is 1. The van der Waals surface area contributed by atoms with Gasteiger partial charge in [0.2, 0.25) is 17.7 Å². The number of carbonyl (C=O) groups is 3. The van der Waals surface area contributed by atoms with Gasteiger partial charge in [0.25, 0.3) is 5.56 Å². The van der Waals surface area contributed by atoms with Crippen molar-refractivity contribution >= 4 is 45.7 Å². The molecule has 3 aliphatic heterocycles. The minimum Gasteiger partial charge on any atom is -0.496 e. The van der Waals surface area contributed by atoms with Crippen molar-refractivity contribution in [3.05, 3.63) is 94.0 Å². The summed E-state index contributed by atoms with van der Waals surface area (Å²) in [7, 11) is 4.99. The number of pyridine rings is 1. The standard InChI is InChI=1S/C42H46N8O6/c1-48-24-34(32-22-44-47-39(32)42(48)54)28-19-36(55-2)33(37(20-28)56-3)21-43-30-5-4-27-23-50(17-14-26(27)18-30)41(53)25-12-15-49(16-13-25)31-8-6-29(7-9-31)45-35-10-11-38(51)46-40(35)52/h4-9,18-20,22,24-25,35,43,45H,10-17,21,23H2,1-3H3,(H,44,47)(H,46,51,52). The Balaban J connectivity index is 0.865. The molecule has 290 valence electrons. The fourth-order valence-corrected chi connectivity index (χ4v) is 8.18. The zero-order valence-corrected chi connectivity index (χ0v) is 31.8. The number of nitrogens with zero attached hydrogens (tertiary/aromatic N) is 4. The lowest BCUT2D eigenvalue weighted by molar-refractivity contribution is -0.137. The van der Waals surface area contributed by atoms with Crippen molar-refractivity contribution in [2.24, 2.45) is 13.0 Å². The maximum Gasteiger partial charge on any atom is 0.276 e. The number of aromatic amines is 1. The van der Waals surface area contributed by atoms with Crippen LogP contribution in [0, 0.1) is 5.92 Å². The first-order valence-corrected chi connectivity index (χ1v) is 19.1. The number of fused-ring (bicyclic) bond motifs is 2. The molecule has 2 aromatic heterocycles. The third-order valence-corrected chi connectivity index (χ3v) is 11.4. The Morgan fingerprint density at radius 1 is 0.893 bits per heavy atom. The van der Waals surface area contributed by atoms with Gasteiger partial charge in [-0.3, -0.25) is 29.6 Å². The summed E-state index contributed by atoms with van der Waals surface area (Å²) in [6.07, 6.45) is 6.66. The molecular weight excluding hydrogens is 713 g/mol. The van der Waals surface area contributed by atoms with Gasteiger partial charge in [-0.1, -0.05) is 6.07 Å². The van der Waals surface area contributed by atoms with E-state index in [9.17, 15) is 19.2 Å². The number of amides is 3. The largest absolute Gasteiger partial charge is 0.496 e. The molecule has 3 aliphatic rings. The van der Waals surface area contributed by atoms with Gasteiger partial charge in [-0.15, -0.1) is 0 Å². The number of aromatic nitrogens is 3. The Hall–Kier alpha value is -6.31. The monoisotopic (exact) mass is 758 g/mol. The Kier molecular flexibility index (Phi) is 10.1. The summed E-state index contributed by atoms with van der Waals surface area (Å²) in [5.41, 5.74) is 8.15. The van der Waals surface area contributed by atoms with Crippen molar-refractivity contribution in [1.82, 2.24) is 25.0 Å². The van der Waals surface area contributed by atoms with Crippen molar-refractivity contribution in [2.75, 3.05) is 49.4 Å². The number of aryl methyl sites for hydroxylation is 1. The van der Waals surface area contributed by atoms with Crippen LogP contribution in [0.15, 0.2) is 71.8 Å². The molecule has 2 saturated heterocycles. The van der Waals surface area contributed by atoms with Crippen molar-refractivity contribution < 1.29 is 23.9 Å². The topological polar surface area (TPSA) is 163 Å². The van der Waals surface area contributed by atoms with Gasteiger partial charge in [-0.25, -0.2) is 0 Å². The lowest BCUT2D eigenvalue weighted by Gasteiger charge is -2.37. The number of rotatable bonds is 10. The first-order valence-electron chi connectivity index (χ1n) is 19.1. The molecule has 8 rings (SSSR count). The number of H-pyrrole nitrogens is 1. The quantitative estimate of drug-likeness (QED) is 0.149. The van der Waals surface area contributed by atoms with Crippen molar-refractivity contribution in [3.8, 4) is 22.6 Å². The van der Waals surface area contributed by atoms with E-state index in [2.05, 4.69) is 49.2 Å². The Morgan fingerprint density at radius 2 is 1.62 bits per heavy atom. The Morgan fingerprint density at radius 3 is 2.34 bits per heavy atom. The molecule has 1 unspecified atom stereocenters. The van der Waals surface area contributed by atoms with E-state index in [1.165, 1.54) is 15.7 Å². The lowest BCUT2D eigenvalue weighted by atomic mass is 9.92. The zero-order chi connectivity index (χ0) is 38.9. The Labute approximate surface area is 324 Å². The molecule has 14 nitrogen and oxygen atoms in total. The van der Waals surface area contributed by atoms with E-state index >= 15 is 0 Å². The van der Waals surface area contributed by atoms with E-state index in [0.717, 1.165) is 71.5 Å². The van der Waals surface area contributed by atoms with Crippen LogP contribution in [-0.4, -0.2) is 77.3 Å². The molecule has 3 aromatic carbocycles. The van der Waals surface area contributed by atoms with Gasteiger partial charge in [0.15, 0.2) is 0 Å². The minimum absolute atomic E-state index is 0.00176. The highest BCUT2D eigenvalue weighted by Crippen LogP contribution is 2.38. The van der Waals surface area contributed by atoms with Crippen molar-refractivity contribution in [2.45, 2.75) is 51.2 Å². The minimum atomic E-state index is -0.415. The van der Waals surface area contributed by atoms with E-state index < -0.39 is 6.04 Å². The summed E-state index contributed by atoms with van der Waals surface area (Å²) >= 11 is 0. The molecule has 0 bridgehead atoms. The molecule has 4 N–H and O–H groups in total. The maximum absolute atomic E-state index is 13.7. The highest BCUT2D eigenvalue weighted by atomic mass is 16.5. The van der Waals surface area contributed by atoms with E-state index in [0.29, 0.717) is 49.5 Å². The number of carbonyl (C=O) groups excluding carboxylic acids is 3. The van der Waals surface area contributed by atoms with Crippen LogP contribution in [0.25, 0.3) is 22.0 Å². The van der Waals surface area contributed by atoms with Crippen molar-refractivity contribution in [3.63, 3.8) is 0 Å². The van der Waals surface area contributed by atoms with Crippen LogP contribution in [0.4, 0.5) is 17.1 Å². The van der Waals surface area contributed by atoms with E-state index in [4.69, 9.17) is 9.47 Å². The van der Waals surface area contributed by atoms with E-state index in [1.54, 1.807) is 33.7 Å². The molecule has 3 amide bonds. The highest BCUT2D eigenvalue weighted by Gasteiger charge is 2.31. The predicted octanol–water partition coefficient (Wildman–Crippen LogP) is 4.58. The number of methoxy groups -OCH3 is 2. The highest BCUT2D eigenvalue weighted by molar-refractivity contribution is 6.01. The summed E-state index contributed by atoms with van der Waals surface area (Å²) in [5.74, 6) is 1.04. The number of hydrogen-bond acceptors (Lipinski definition) is 10. The summed E-state index contributed by atoms with van der Waals surface area (Å²) in [4.78, 5) is 54.2. The fraction of sp³-hybridized carbons (Fsp3) is 0.357. The van der Waals surface area contributed by atoms with Gasteiger partial charge in [-0.05, 0) is 90.9 Å². The summed E-state index contributed by atoms with van der Waals surface area (Å²) in [5, 5.41) is 16.8. The van der Waals surface area contributed by atoms with Crippen LogP contribution in [0.2, 0.25) is 0 Å². The van der Waals surface area contributed by atoms with Crippen LogP contribution in [0.1, 0.15) is 42.4 Å². The molecule has 5 aromatic rings. The predicted molar refractivity (Wildman–Crippen MR) is 214 cm³/mol. The summed E-state index contributed by atoms with van der Waals surface area (Å²) in [6, 6.07) is 17.9. The van der Waals surface area contributed by atoms with Crippen LogP contribution >= 0.6 is 0 Å². The van der Waals surface area contributed by atoms with Gasteiger partial charge in [0, 0.05) is 86.3 Å². The van der Waals surface area contributed by atoms with Crippen LogP contribution < -0.4 is 35.9 Å². The van der Waals surface area contributed by atoms with E-state index in [-0.39, 0.29) is 29.2 Å². The van der Waals surface area contributed by atoms with Crippen LogP contribution in [0.3, 0.4) is 0 Å². The van der Waals surface area contributed by atoms with Crippen LogP contribution in [0.5, 0.6) is 11.5 Å². The molecule has 56 heavy (non-hydrogen) atoms. The Bertz CT molecular complexity index is 2340. The second-order valence-electron chi connectivity index (χ2n) is 14.8. The van der Waals surface area contributed by atoms with Gasteiger partial charge in [0.1, 0.15) is 23.1 Å². The SMILES string of the molecule is COc1cc(-c2cn(C)c(=O)c3[nH]ncc23)cc(OC)c1CNc1ccc2c(c1)CCN(C(=O)C1CCN(c3ccc(NC4CCC(=O)NC4=O)cc3)CC1)C2. The molecule has 0 spiro atoms. The first kappa shape index (κ1) is 36.7. The molecule has 14 heteroatoms. The van der Waals surface area contributed by atoms with E-state index in [1.807, 2.05) is 41.3 Å². The molecule has 0 aliphatic carbocycles. The summed E-state index contributed by atoms with van der Waals surface area (Å²) in [6.45, 7) is 3.36. The number of nitrogens with one attached hydrogen (secondary N) is 4. The molecule has 0 saturated carbocycles. The molecule has 0 radical (unpaired) electrons. The third kappa shape index (κ3) is 7.26. The lowest BCUT2D eigenvalue weighted by Crippen LogP contribution is -2.47. The normalized spacial score (nSPS) is 17.4. The van der Waals surface area contributed by atoms with Crippen LogP contribution in [-0.2, 0) is 40.9 Å². The van der Waals surface area contributed by atoms with Gasteiger partial charge in [-0.2, -0.15) is 5.10 Å². The number of piperidine rings is 2. The maximum atomic E-state index is 13.7. The average molecular weight is 759 g/mol. The first-order chi connectivity index (χ1) is 27.2. The number of ether oxygens (including phenoxy) is 2. The number of benzene rings is 3. The molecular formula is C42H46N8O6. The fourth-order valence-electron chi connectivity index (χ4n) is 8.18. The average Bonchev–Trinajstić information content (AvgIpc) is 3.72.